The maximum atomic E-state index is 11.9. The largest absolute Gasteiger partial charge is 0.505 e. The van der Waals surface area contributed by atoms with Gasteiger partial charge < -0.3 is 25.0 Å². The highest BCUT2D eigenvalue weighted by molar-refractivity contribution is 5.87. The summed E-state index contributed by atoms with van der Waals surface area (Å²) in [7, 11) is 0. The third-order valence-electron chi connectivity index (χ3n) is 7.25. The van der Waals surface area contributed by atoms with Crippen LogP contribution in [0.3, 0.4) is 0 Å². The van der Waals surface area contributed by atoms with Crippen molar-refractivity contribution >= 4 is 23.1 Å². The molecule has 3 fully saturated rings. The van der Waals surface area contributed by atoms with Crippen LogP contribution in [0.1, 0.15) is 23.5 Å². The zero-order chi connectivity index (χ0) is 23.7. The van der Waals surface area contributed by atoms with Crippen molar-refractivity contribution in [1.82, 2.24) is 14.8 Å². The first-order valence-electron chi connectivity index (χ1n) is 12.1. The van der Waals surface area contributed by atoms with Gasteiger partial charge in [0.2, 0.25) is 5.91 Å². The number of phenolic OH excluding ortho intramolecular Hbond substituents is 1. The number of nitrogens with one attached hydrogen (secondary N) is 1. The van der Waals surface area contributed by atoms with Crippen molar-refractivity contribution in [2.24, 2.45) is 0 Å². The molecule has 0 bridgehead atoms. The van der Waals surface area contributed by atoms with Gasteiger partial charge in [0.15, 0.2) is 0 Å². The molecule has 0 radical (unpaired) electrons. The summed E-state index contributed by atoms with van der Waals surface area (Å²) in [5, 5.41) is 14.1. The van der Waals surface area contributed by atoms with Crippen molar-refractivity contribution in [2.45, 2.75) is 25.3 Å². The zero-order valence-electron chi connectivity index (χ0n) is 19.7. The Morgan fingerprint density at radius 3 is 2.76 bits per heavy atom. The smallest absolute Gasteiger partial charge is 0.246 e. The highest BCUT2D eigenvalue weighted by Crippen LogP contribution is 2.38. The molecule has 180 valence electrons. The quantitative estimate of drug-likeness (QED) is 0.504. The lowest BCUT2D eigenvalue weighted by Crippen LogP contribution is -2.51. The first kappa shape index (κ1) is 22.7. The van der Waals surface area contributed by atoms with E-state index in [2.05, 4.69) is 38.8 Å². The number of pyridine rings is 1. The Hall–Kier alpha value is -3.10. The van der Waals surface area contributed by atoms with E-state index < -0.39 is 0 Å². The molecule has 5 rings (SSSR count). The molecule has 0 saturated carbocycles. The molecule has 0 aliphatic carbocycles. The third kappa shape index (κ3) is 4.60. The van der Waals surface area contributed by atoms with Gasteiger partial charge >= 0.3 is 0 Å². The monoisotopic (exact) mass is 463 g/mol. The molecule has 34 heavy (non-hydrogen) atoms. The molecule has 3 aliphatic heterocycles. The fourth-order valence-electron chi connectivity index (χ4n) is 5.17. The number of likely N-dealkylation sites (tertiary alicyclic amines) is 2. The zero-order valence-corrected chi connectivity index (χ0v) is 19.7. The molecule has 1 aromatic carbocycles. The van der Waals surface area contributed by atoms with Gasteiger partial charge in [0.05, 0.1) is 18.9 Å². The van der Waals surface area contributed by atoms with Crippen LogP contribution in [-0.2, 0) is 9.53 Å². The first-order chi connectivity index (χ1) is 16.5. The van der Waals surface area contributed by atoms with E-state index in [1.54, 1.807) is 6.20 Å². The molecule has 0 unspecified atom stereocenters. The van der Waals surface area contributed by atoms with Crippen LogP contribution in [0.4, 0.5) is 17.2 Å². The van der Waals surface area contributed by atoms with Gasteiger partial charge in [0, 0.05) is 69.2 Å². The van der Waals surface area contributed by atoms with E-state index in [1.165, 1.54) is 11.6 Å². The van der Waals surface area contributed by atoms with Crippen LogP contribution >= 0.6 is 0 Å². The summed E-state index contributed by atoms with van der Waals surface area (Å²) in [6, 6.07) is 8.59. The number of rotatable bonds is 6. The Kier molecular flexibility index (Phi) is 6.43. The van der Waals surface area contributed by atoms with E-state index in [9.17, 15) is 9.90 Å². The molecule has 1 amide bonds. The minimum absolute atomic E-state index is 0.0238. The number of hydrogen-bond donors (Lipinski definition) is 2. The number of carbonyl (C=O) groups is 1. The second kappa shape index (κ2) is 9.64. The van der Waals surface area contributed by atoms with E-state index >= 15 is 0 Å². The summed E-state index contributed by atoms with van der Waals surface area (Å²) in [5.41, 5.74) is 3.86. The van der Waals surface area contributed by atoms with E-state index in [0.717, 1.165) is 70.2 Å². The van der Waals surface area contributed by atoms with Gasteiger partial charge in [-0.2, -0.15) is 0 Å². The Morgan fingerprint density at radius 1 is 1.21 bits per heavy atom. The average Bonchev–Trinajstić information content (AvgIpc) is 3.31. The number of phenols is 1. The summed E-state index contributed by atoms with van der Waals surface area (Å²) < 4.78 is 5.46. The highest BCUT2D eigenvalue weighted by Gasteiger charge is 2.37. The van der Waals surface area contributed by atoms with E-state index in [1.807, 2.05) is 24.0 Å². The summed E-state index contributed by atoms with van der Waals surface area (Å²) in [5.74, 6) is 1.41. The Morgan fingerprint density at radius 2 is 2.00 bits per heavy atom. The number of anilines is 3. The second-order valence-corrected chi connectivity index (χ2v) is 9.44. The third-order valence-corrected chi connectivity index (χ3v) is 7.25. The van der Waals surface area contributed by atoms with E-state index in [4.69, 9.17) is 4.74 Å². The second-order valence-electron chi connectivity index (χ2n) is 9.44. The summed E-state index contributed by atoms with van der Waals surface area (Å²) in [6.45, 7) is 12.2. The van der Waals surface area contributed by atoms with Crippen LogP contribution in [0.5, 0.6) is 5.75 Å². The number of aryl methyl sites for hydroxylation is 1. The van der Waals surface area contributed by atoms with Gasteiger partial charge in [-0.1, -0.05) is 12.6 Å². The number of ether oxygens (including phenoxy) is 1. The lowest BCUT2D eigenvalue weighted by atomic mass is 9.88. The molecule has 1 atom stereocenters. The molecule has 3 saturated heterocycles. The van der Waals surface area contributed by atoms with Crippen LogP contribution in [0.2, 0.25) is 0 Å². The molecule has 0 spiro atoms. The molecule has 4 heterocycles. The van der Waals surface area contributed by atoms with Gasteiger partial charge in [-0.3, -0.25) is 9.69 Å². The molecular weight excluding hydrogens is 430 g/mol. The molecular formula is C26H33N5O3. The predicted molar refractivity (Wildman–Crippen MR) is 133 cm³/mol. The predicted octanol–water partition coefficient (Wildman–Crippen LogP) is 2.86. The number of hydrogen-bond acceptors (Lipinski definition) is 7. The van der Waals surface area contributed by atoms with Crippen LogP contribution in [0.15, 0.2) is 43.1 Å². The summed E-state index contributed by atoms with van der Waals surface area (Å²) in [4.78, 5) is 23.0. The SMILES string of the molecule is C=CC(=O)N1CC[C@H](N2CC(c3cc(C)c(O)c(Nc4cc(N5CCOCC5)ccn4)c3)C2)C1. The van der Waals surface area contributed by atoms with Crippen LogP contribution in [0, 0.1) is 6.92 Å². The van der Waals surface area contributed by atoms with Crippen molar-refractivity contribution in [3.8, 4) is 5.75 Å². The molecule has 8 heteroatoms. The number of amides is 1. The summed E-state index contributed by atoms with van der Waals surface area (Å²) >= 11 is 0. The number of benzene rings is 1. The van der Waals surface area contributed by atoms with E-state index in [-0.39, 0.29) is 11.7 Å². The van der Waals surface area contributed by atoms with Crippen LogP contribution < -0.4 is 10.2 Å². The fraction of sp³-hybridized carbons (Fsp3) is 0.462. The van der Waals surface area contributed by atoms with Crippen molar-refractivity contribution in [2.75, 3.05) is 62.7 Å². The molecule has 2 aromatic rings. The number of carbonyl (C=O) groups excluding carboxylic acids is 1. The van der Waals surface area contributed by atoms with Crippen molar-refractivity contribution in [3.05, 3.63) is 54.2 Å². The van der Waals surface area contributed by atoms with Gasteiger partial charge in [0.1, 0.15) is 11.6 Å². The highest BCUT2D eigenvalue weighted by atomic mass is 16.5. The number of morpholine rings is 1. The van der Waals surface area contributed by atoms with Gasteiger partial charge in [-0.05, 0) is 42.7 Å². The van der Waals surface area contributed by atoms with Crippen molar-refractivity contribution < 1.29 is 14.6 Å². The molecule has 1 aromatic heterocycles. The van der Waals surface area contributed by atoms with Gasteiger partial charge in [0.25, 0.3) is 0 Å². The maximum absolute atomic E-state index is 11.9. The number of nitrogens with zero attached hydrogens (tertiary/aromatic N) is 4. The molecule has 2 N–H and O–H groups in total. The fourth-order valence-corrected chi connectivity index (χ4v) is 5.17. The lowest BCUT2D eigenvalue weighted by Gasteiger charge is -2.43. The average molecular weight is 464 g/mol. The first-order valence-corrected chi connectivity index (χ1v) is 12.1. The Labute approximate surface area is 200 Å². The Balaban J connectivity index is 1.25. The topological polar surface area (TPSA) is 81.2 Å². The lowest BCUT2D eigenvalue weighted by molar-refractivity contribution is -0.125. The van der Waals surface area contributed by atoms with Gasteiger partial charge in [-0.15, -0.1) is 0 Å². The van der Waals surface area contributed by atoms with Gasteiger partial charge in [-0.25, -0.2) is 4.98 Å². The Bertz CT molecular complexity index is 1060. The van der Waals surface area contributed by atoms with E-state index in [0.29, 0.717) is 23.5 Å². The van der Waals surface area contributed by atoms with Crippen LogP contribution in [-0.4, -0.2) is 84.3 Å². The van der Waals surface area contributed by atoms with Crippen LogP contribution in [0.25, 0.3) is 0 Å². The summed E-state index contributed by atoms with van der Waals surface area (Å²) in [6.07, 6.45) is 4.21. The van der Waals surface area contributed by atoms with Crippen molar-refractivity contribution in [1.29, 1.82) is 0 Å². The minimum atomic E-state index is 0.0238. The normalized spacial score (nSPS) is 21.4. The molecule has 3 aliphatic rings. The maximum Gasteiger partial charge on any atom is 0.246 e. The number of aromatic nitrogens is 1. The minimum Gasteiger partial charge on any atom is -0.505 e. The standard InChI is InChI=1S/C26H33N5O3/c1-3-25(32)30-7-5-22(17-30)31-15-20(16-31)19-12-18(2)26(33)23(13-19)28-24-14-21(4-6-27-24)29-8-10-34-11-9-29/h3-4,6,12-14,20,22,33H,1,5,7-11,15-17H2,2H3,(H,27,28)/t22-/m0/s1. The molecule has 8 nitrogen and oxygen atoms in total. The number of aromatic hydroxyl groups is 1. The van der Waals surface area contributed by atoms with Crippen molar-refractivity contribution in [3.63, 3.8) is 0 Å².